The molecule has 0 N–H and O–H groups in total. The van der Waals surface area contributed by atoms with Crippen molar-refractivity contribution in [2.24, 2.45) is 0 Å². The van der Waals surface area contributed by atoms with Crippen molar-refractivity contribution in [2.45, 2.75) is 13.3 Å². The van der Waals surface area contributed by atoms with Crippen molar-refractivity contribution in [1.82, 2.24) is 0 Å². The Hall–Kier alpha value is -0.405. The van der Waals surface area contributed by atoms with Crippen LogP contribution in [0.4, 0.5) is 12.9 Å². The van der Waals surface area contributed by atoms with Gasteiger partial charge in [-0.2, -0.15) is 0 Å². The molecule has 0 aliphatic heterocycles. The van der Waals surface area contributed by atoms with Crippen molar-refractivity contribution < 1.29 is 12.9 Å². The highest BCUT2D eigenvalue weighted by Crippen LogP contribution is 2.19. The van der Waals surface area contributed by atoms with E-state index in [1.807, 2.05) is 0 Å². The number of hydrogen-bond acceptors (Lipinski definition) is 0. The normalized spacial score (nSPS) is 11.5. The molecular formula is C4H7BF3-. The minimum absolute atomic E-state index is 0.00347. The fourth-order valence-electron chi connectivity index (χ4n) is 0.231. The molecule has 0 aliphatic carbocycles. The largest absolute Gasteiger partial charge is 0.505 e. The average molecular weight is 123 g/mol. The minimum Gasteiger partial charge on any atom is -0.445 e. The van der Waals surface area contributed by atoms with E-state index in [0.29, 0.717) is 0 Å². The van der Waals surface area contributed by atoms with E-state index in [4.69, 9.17) is 0 Å². The summed E-state index contributed by atoms with van der Waals surface area (Å²) in [5, 5.41) is 0. The molecule has 0 atom stereocenters. The van der Waals surface area contributed by atoms with Gasteiger partial charge >= 0.3 is 6.98 Å². The van der Waals surface area contributed by atoms with Gasteiger partial charge in [-0.1, -0.05) is 13.3 Å². The number of halogens is 3. The fourth-order valence-corrected chi connectivity index (χ4v) is 0.231. The van der Waals surface area contributed by atoms with E-state index in [1.165, 1.54) is 6.92 Å². The second-order valence-corrected chi connectivity index (χ2v) is 1.59. The number of rotatable bonds is 2. The summed E-state index contributed by atoms with van der Waals surface area (Å²) in [6, 6.07) is 0. The molecule has 0 amide bonds. The van der Waals surface area contributed by atoms with Crippen LogP contribution >= 0.6 is 0 Å². The molecule has 0 aromatic heterocycles. The monoisotopic (exact) mass is 123 g/mol. The van der Waals surface area contributed by atoms with Crippen LogP contribution in [0.15, 0.2) is 12.1 Å². The molecule has 0 aromatic rings. The van der Waals surface area contributed by atoms with Crippen LogP contribution < -0.4 is 0 Å². The van der Waals surface area contributed by atoms with Gasteiger partial charge in [0.25, 0.3) is 0 Å². The molecule has 8 heavy (non-hydrogen) atoms. The Balaban J connectivity index is 3.82. The third-order valence-corrected chi connectivity index (χ3v) is 0.917. The summed E-state index contributed by atoms with van der Waals surface area (Å²) >= 11 is 0. The third-order valence-electron chi connectivity index (χ3n) is 0.917. The number of allylic oxidation sites excluding steroid dienone is 1. The predicted molar refractivity (Wildman–Crippen MR) is 28.5 cm³/mol. The van der Waals surface area contributed by atoms with Crippen molar-refractivity contribution in [3.63, 3.8) is 0 Å². The lowest BCUT2D eigenvalue weighted by Gasteiger charge is -2.14. The lowest BCUT2D eigenvalue weighted by molar-refractivity contribution is 0.487. The van der Waals surface area contributed by atoms with Crippen LogP contribution in [-0.2, 0) is 0 Å². The maximum absolute atomic E-state index is 11.4. The maximum atomic E-state index is 11.4. The molecule has 0 aliphatic rings. The van der Waals surface area contributed by atoms with Gasteiger partial charge in [0.1, 0.15) is 0 Å². The van der Waals surface area contributed by atoms with E-state index in [0.717, 1.165) is 0 Å². The third kappa shape index (κ3) is 2.05. The van der Waals surface area contributed by atoms with Crippen molar-refractivity contribution in [2.75, 3.05) is 0 Å². The summed E-state index contributed by atoms with van der Waals surface area (Å²) in [5.74, 6) is 0. The second-order valence-electron chi connectivity index (χ2n) is 1.59. The van der Waals surface area contributed by atoms with E-state index >= 15 is 0 Å². The van der Waals surface area contributed by atoms with E-state index in [-0.39, 0.29) is 6.42 Å². The summed E-state index contributed by atoms with van der Waals surface area (Å²) in [6.07, 6.45) is 0.00347. The molecule has 0 bridgehead atoms. The standard InChI is InChI=1S/C4H7BF3/c1-3-4(2)5(6,7)8/h2-3H2,1H3/q-1. The van der Waals surface area contributed by atoms with E-state index in [9.17, 15) is 12.9 Å². The predicted octanol–water partition coefficient (Wildman–Crippen LogP) is 2.34. The summed E-state index contributed by atoms with van der Waals surface area (Å²) in [4.78, 5) is 0. The van der Waals surface area contributed by atoms with E-state index in [2.05, 4.69) is 6.58 Å². The molecule has 0 fully saturated rings. The van der Waals surface area contributed by atoms with Gasteiger partial charge in [0.15, 0.2) is 0 Å². The Morgan fingerprint density at radius 1 is 1.50 bits per heavy atom. The maximum Gasteiger partial charge on any atom is 0.505 e. The zero-order valence-corrected chi connectivity index (χ0v) is 4.63. The lowest BCUT2D eigenvalue weighted by Crippen LogP contribution is -2.17. The first-order valence-corrected chi connectivity index (χ1v) is 2.36. The number of hydrogen-bond donors (Lipinski definition) is 0. The van der Waals surface area contributed by atoms with Crippen molar-refractivity contribution in [1.29, 1.82) is 0 Å². The lowest BCUT2D eigenvalue weighted by atomic mass is 9.79. The van der Waals surface area contributed by atoms with Crippen molar-refractivity contribution in [3.05, 3.63) is 12.1 Å². The van der Waals surface area contributed by atoms with E-state index in [1.54, 1.807) is 0 Å². The summed E-state index contributed by atoms with van der Waals surface area (Å²) in [7, 11) is 0. The van der Waals surface area contributed by atoms with Crippen LogP contribution in [0.5, 0.6) is 0 Å². The Morgan fingerprint density at radius 3 is 1.88 bits per heavy atom. The van der Waals surface area contributed by atoms with Crippen LogP contribution in [0.1, 0.15) is 13.3 Å². The molecule has 0 heterocycles. The molecule has 4 heteroatoms. The van der Waals surface area contributed by atoms with Crippen LogP contribution in [-0.4, -0.2) is 6.98 Å². The van der Waals surface area contributed by atoms with Crippen LogP contribution in [0, 0.1) is 0 Å². The van der Waals surface area contributed by atoms with Gasteiger partial charge in [-0.15, -0.1) is 12.1 Å². The first-order chi connectivity index (χ1) is 3.48. The summed E-state index contributed by atoms with van der Waals surface area (Å²) < 4.78 is 34.2. The highest BCUT2D eigenvalue weighted by molar-refractivity contribution is 6.66. The van der Waals surface area contributed by atoms with Gasteiger partial charge in [-0.3, -0.25) is 0 Å². The summed E-state index contributed by atoms with van der Waals surface area (Å²) in [6.45, 7) is -0.468. The highest BCUT2D eigenvalue weighted by Gasteiger charge is 2.24. The smallest absolute Gasteiger partial charge is 0.445 e. The molecular weight excluding hydrogens is 116 g/mol. The quantitative estimate of drug-likeness (QED) is 0.494. The van der Waals surface area contributed by atoms with Crippen molar-refractivity contribution in [3.8, 4) is 0 Å². The second kappa shape index (κ2) is 2.24. The summed E-state index contributed by atoms with van der Waals surface area (Å²) in [5.41, 5.74) is -0.606. The van der Waals surface area contributed by atoms with Gasteiger partial charge < -0.3 is 12.9 Å². The molecule has 0 radical (unpaired) electrons. The zero-order chi connectivity index (χ0) is 6.78. The molecule has 0 unspecified atom stereocenters. The molecule has 0 saturated carbocycles. The Morgan fingerprint density at radius 2 is 1.88 bits per heavy atom. The molecule has 0 rings (SSSR count). The van der Waals surface area contributed by atoms with Gasteiger partial charge in [0, 0.05) is 0 Å². The molecule has 0 nitrogen and oxygen atoms in total. The average Bonchev–Trinajstić information content (AvgIpc) is 1.62. The molecule has 0 saturated heterocycles. The zero-order valence-electron chi connectivity index (χ0n) is 4.63. The topological polar surface area (TPSA) is 0 Å². The highest BCUT2D eigenvalue weighted by atomic mass is 19.4. The molecule has 48 valence electrons. The molecule has 0 aromatic carbocycles. The molecule has 0 spiro atoms. The van der Waals surface area contributed by atoms with Crippen LogP contribution in [0.25, 0.3) is 0 Å². The Labute approximate surface area is 46.4 Å². The first kappa shape index (κ1) is 7.59. The van der Waals surface area contributed by atoms with Crippen LogP contribution in [0.2, 0.25) is 0 Å². The van der Waals surface area contributed by atoms with Gasteiger partial charge in [-0.05, 0) is 0 Å². The van der Waals surface area contributed by atoms with Crippen LogP contribution in [0.3, 0.4) is 0 Å². The van der Waals surface area contributed by atoms with Crippen molar-refractivity contribution >= 4 is 6.98 Å². The first-order valence-electron chi connectivity index (χ1n) is 2.36. The van der Waals surface area contributed by atoms with E-state index < -0.39 is 12.4 Å². The van der Waals surface area contributed by atoms with Gasteiger partial charge in [0.05, 0.1) is 0 Å². The van der Waals surface area contributed by atoms with Gasteiger partial charge in [-0.25, -0.2) is 0 Å². The fraction of sp³-hybridized carbons (Fsp3) is 0.500. The SMILES string of the molecule is C=C(CC)[B-](F)(F)F. The Bertz CT molecular complexity index is 93.9. The Kier molecular flexibility index (Phi) is 2.13. The minimum atomic E-state index is -4.76. The van der Waals surface area contributed by atoms with Gasteiger partial charge in [0.2, 0.25) is 0 Å².